The molecule has 2 unspecified atom stereocenters. The minimum absolute atomic E-state index is 0. The molecule has 68 heavy (non-hydrogen) atoms. The summed E-state index contributed by atoms with van der Waals surface area (Å²) in [6.45, 7) is 3.23. The molecule has 0 radical (unpaired) electrons. The predicted molar refractivity (Wildman–Crippen MR) is 217 cm³/mol. The van der Waals surface area contributed by atoms with E-state index in [2.05, 4.69) is 49.6 Å². The number of benzene rings is 4. The van der Waals surface area contributed by atoms with Crippen molar-refractivity contribution in [2.45, 2.75) is 26.2 Å². The second-order valence-electron chi connectivity index (χ2n) is 13.7. The molecule has 0 aliphatic rings. The van der Waals surface area contributed by atoms with E-state index in [0.29, 0.717) is 33.7 Å². The summed E-state index contributed by atoms with van der Waals surface area (Å²) in [6.07, 6.45) is -9.02. The Morgan fingerprint density at radius 2 is 0.882 bits per heavy atom. The molecule has 0 saturated carbocycles. The maximum atomic E-state index is 13.8. The van der Waals surface area contributed by atoms with E-state index in [1.165, 1.54) is 45.5 Å². The molecule has 0 aliphatic carbocycles. The number of aryl methyl sites for hydroxylation is 2. The van der Waals surface area contributed by atoms with Gasteiger partial charge in [0.05, 0.1) is 33.2 Å². The Balaban J connectivity index is 0.000000247. The smallest absolute Gasteiger partial charge is 0.757 e. The van der Waals surface area contributed by atoms with E-state index in [0.717, 1.165) is 60.7 Å². The Bertz CT molecular complexity index is 3000. The van der Waals surface area contributed by atoms with Crippen LogP contribution in [0.25, 0.3) is 33.7 Å². The maximum absolute atomic E-state index is 13.8. The monoisotopic (exact) mass is 1010 g/mol. The average molecular weight is 1010 g/mol. The van der Waals surface area contributed by atoms with E-state index >= 15 is 0 Å². The number of hydrogen-bond donors (Lipinski definition) is 4. The number of anilines is 4. The predicted octanol–water partition coefficient (Wildman–Crippen LogP) is 1.67. The third kappa shape index (κ3) is 13.6. The van der Waals surface area contributed by atoms with E-state index < -0.39 is 62.4 Å². The van der Waals surface area contributed by atoms with E-state index in [-0.39, 0.29) is 94.0 Å². The summed E-state index contributed by atoms with van der Waals surface area (Å²) in [4.78, 5) is 47.8. The van der Waals surface area contributed by atoms with Crippen LogP contribution >= 0.6 is 15.5 Å². The molecule has 8 aromatic rings. The zero-order valence-corrected chi connectivity index (χ0v) is 41.1. The van der Waals surface area contributed by atoms with Crippen LogP contribution < -0.4 is 99.6 Å². The molecule has 18 nitrogen and oxygen atoms in total. The van der Waals surface area contributed by atoms with Gasteiger partial charge in [0.2, 0.25) is 23.7 Å². The molecule has 8 rings (SSSR count). The van der Waals surface area contributed by atoms with E-state index in [1.807, 2.05) is 0 Å². The van der Waals surface area contributed by atoms with Crippen molar-refractivity contribution in [2.75, 3.05) is 10.6 Å². The van der Waals surface area contributed by atoms with Crippen LogP contribution in [0.5, 0.6) is 11.8 Å². The number of nitrogens with zero attached hydrogens (tertiary/aromatic N) is 8. The zero-order valence-electron chi connectivity index (χ0n) is 35.3. The number of nitrogens with one attached hydrogen (secondary N) is 2. The van der Waals surface area contributed by atoms with Gasteiger partial charge in [-0.25, -0.2) is 18.7 Å². The van der Waals surface area contributed by atoms with Gasteiger partial charge in [0.15, 0.2) is 0 Å². The van der Waals surface area contributed by atoms with Gasteiger partial charge < -0.3 is 29.5 Å². The minimum Gasteiger partial charge on any atom is -0.757 e. The van der Waals surface area contributed by atoms with Crippen molar-refractivity contribution in [3.63, 3.8) is 0 Å². The van der Waals surface area contributed by atoms with E-state index in [1.54, 1.807) is 13.8 Å². The van der Waals surface area contributed by atoms with Crippen molar-refractivity contribution in [3.05, 3.63) is 131 Å². The fourth-order valence-electron chi connectivity index (χ4n) is 6.18. The average Bonchev–Trinajstić information content (AvgIpc) is 3.70. The number of imidazole rings is 2. The van der Waals surface area contributed by atoms with Crippen LogP contribution in [0.3, 0.4) is 0 Å². The fraction of sp³-hybridized carbons (Fsp3) is 0.105. The van der Waals surface area contributed by atoms with Crippen molar-refractivity contribution in [1.82, 2.24) is 39.0 Å². The number of rotatable bonds is 10. The van der Waals surface area contributed by atoms with Crippen LogP contribution in [0.2, 0.25) is 0 Å². The molecule has 4 aromatic carbocycles. The summed E-state index contributed by atoms with van der Waals surface area (Å²) < 4.78 is 140. The Morgan fingerprint density at radius 3 is 1.19 bits per heavy atom. The van der Waals surface area contributed by atoms with Crippen LogP contribution in [0.1, 0.15) is 22.8 Å². The molecule has 4 aromatic heterocycles. The number of halogens is 8. The van der Waals surface area contributed by atoms with Crippen LogP contribution in [-0.4, -0.2) is 39.0 Å². The SMILES string of the molecule is Cc1nc2ccc(F)cc2n1-c1cc(OP(N)(=O)[O-])nc(Nc2ccc(C(F)(F)F)cc2)n1.Cc1nc2ccc(F)cc2n1-c1cc(OP(N)(=O)[O-])nc(Nc2ccc(C(F)(F)F)cc2)n1.[Na+].[Na+]. The molecule has 0 amide bonds. The third-order valence-electron chi connectivity index (χ3n) is 8.78. The molecule has 0 aliphatic heterocycles. The van der Waals surface area contributed by atoms with Crippen LogP contribution in [-0.2, 0) is 21.5 Å². The van der Waals surface area contributed by atoms with Crippen LogP contribution in [0, 0.1) is 25.5 Å². The summed E-state index contributed by atoms with van der Waals surface area (Å²) in [5.74, 6) is -1.56. The van der Waals surface area contributed by atoms with Crippen LogP contribution in [0.4, 0.5) is 58.4 Å². The van der Waals surface area contributed by atoms with Crippen molar-refractivity contribution in [3.8, 4) is 23.4 Å². The van der Waals surface area contributed by atoms with Crippen molar-refractivity contribution >= 4 is 60.8 Å². The number of alkyl halides is 6. The minimum atomic E-state index is -4.76. The van der Waals surface area contributed by atoms with Gasteiger partial charge in [-0.05, 0) is 86.6 Å². The normalized spacial score (nSPS) is 13.3. The molecular formula is C38H28F8N12Na2O6P2. The molecule has 0 spiro atoms. The molecule has 30 heteroatoms. The first kappa shape index (κ1) is 53.9. The van der Waals surface area contributed by atoms with Gasteiger partial charge in [0.1, 0.15) is 34.9 Å². The number of nitrogens with two attached hydrogens (primary N) is 2. The van der Waals surface area contributed by atoms with Gasteiger partial charge in [-0.1, -0.05) is 0 Å². The van der Waals surface area contributed by atoms with Gasteiger partial charge in [0.25, 0.3) is 15.5 Å². The Morgan fingerprint density at radius 1 is 0.544 bits per heavy atom. The largest absolute Gasteiger partial charge is 1.00 e. The van der Waals surface area contributed by atoms with Gasteiger partial charge in [-0.15, -0.1) is 0 Å². The first-order valence-electron chi connectivity index (χ1n) is 18.3. The molecule has 4 heterocycles. The molecular weight excluding hydrogens is 980 g/mol. The Hall–Kier alpha value is -5.08. The zero-order chi connectivity index (χ0) is 47.9. The van der Waals surface area contributed by atoms with Crippen molar-refractivity contribution in [2.24, 2.45) is 11.0 Å². The quantitative estimate of drug-likeness (QED) is 0.0863. The first-order valence-corrected chi connectivity index (χ1v) is 21.6. The van der Waals surface area contributed by atoms with E-state index in [4.69, 9.17) is 11.0 Å². The number of hydrogen-bond acceptors (Lipinski definition) is 14. The molecule has 0 bridgehead atoms. The fourth-order valence-corrected chi connectivity index (χ4v) is 6.89. The molecule has 0 saturated heterocycles. The number of fused-ring (bicyclic) bond motifs is 2. The van der Waals surface area contributed by atoms with Crippen LogP contribution in [0.15, 0.2) is 97.1 Å². The molecule has 0 fully saturated rings. The van der Waals surface area contributed by atoms with Gasteiger partial charge in [-0.2, -0.15) is 46.3 Å². The standard InChI is InChI=1S/2C19H15F4N6O3P.2Na/c2*1-10-25-14-7-4-12(20)8-15(14)29(10)16-9-17(32-33(24,30)31)28-18(27-16)26-13-5-2-11(3-6-13)19(21,22)23;;/h2*2-9H,1H3,(H3,24,30,31)(H,26,27,28);;/q;;2*+1/p-2. The number of aromatic nitrogens is 8. The summed E-state index contributed by atoms with van der Waals surface area (Å²) >= 11 is 0. The van der Waals surface area contributed by atoms with Gasteiger partial charge >= 0.3 is 71.5 Å². The second kappa shape index (κ2) is 20.9. The summed E-state index contributed by atoms with van der Waals surface area (Å²) in [7, 11) is -9.52. The molecule has 6 N–H and O–H groups in total. The van der Waals surface area contributed by atoms with E-state index in [9.17, 15) is 54.0 Å². The summed E-state index contributed by atoms with van der Waals surface area (Å²) in [5, 5.41) is 5.36. The van der Waals surface area contributed by atoms with Gasteiger partial charge in [0, 0.05) is 35.6 Å². The van der Waals surface area contributed by atoms with Crippen molar-refractivity contribution in [1.29, 1.82) is 0 Å². The first-order chi connectivity index (χ1) is 30.8. The van der Waals surface area contributed by atoms with Crippen molar-refractivity contribution < 1.29 is 122 Å². The summed E-state index contributed by atoms with van der Waals surface area (Å²) in [6, 6.07) is 18.1. The summed E-state index contributed by atoms with van der Waals surface area (Å²) in [5.41, 5.74) is 10.1. The third-order valence-corrected chi connectivity index (χ3v) is 9.67. The maximum Gasteiger partial charge on any atom is 1.00 e. The Labute approximate surface area is 421 Å². The molecule has 344 valence electrons. The Kier molecular flexibility index (Phi) is 16.5. The molecule has 2 atom stereocenters. The topological polar surface area (TPSA) is 262 Å². The second-order valence-corrected chi connectivity index (χ2v) is 16.2. The van der Waals surface area contributed by atoms with Gasteiger partial charge in [-0.3, -0.25) is 29.3 Å².